The lowest BCUT2D eigenvalue weighted by Crippen LogP contribution is -2.24. The number of nitrogens with zero attached hydrogens (tertiary/aromatic N) is 3. The highest BCUT2D eigenvalue weighted by Crippen LogP contribution is 2.23. The number of hydrogen-bond acceptors (Lipinski definition) is 4. The third kappa shape index (κ3) is 4.44. The molecule has 2 heterocycles. The maximum Gasteiger partial charge on any atom is 0.220 e. The molecular weight excluding hydrogens is 388 g/mol. The first-order chi connectivity index (χ1) is 15.1. The minimum Gasteiger partial charge on any atom is -0.377 e. The van der Waals surface area contributed by atoms with Crippen molar-refractivity contribution in [2.75, 3.05) is 6.61 Å². The SMILES string of the molecule is CCOCc1ccccc1CNC(=O)CCc1c(C)nc2c3ccccc3nn2c1C. The summed E-state index contributed by atoms with van der Waals surface area (Å²) < 4.78 is 7.43. The fourth-order valence-corrected chi connectivity index (χ4v) is 3.94. The van der Waals surface area contributed by atoms with Crippen LogP contribution in [0.25, 0.3) is 16.6 Å². The van der Waals surface area contributed by atoms with Crippen LogP contribution in [0, 0.1) is 13.8 Å². The van der Waals surface area contributed by atoms with E-state index in [1.165, 1.54) is 0 Å². The van der Waals surface area contributed by atoms with Crippen molar-refractivity contribution in [1.29, 1.82) is 0 Å². The van der Waals surface area contributed by atoms with Crippen molar-refractivity contribution in [3.8, 4) is 0 Å². The molecule has 0 aliphatic carbocycles. The van der Waals surface area contributed by atoms with Gasteiger partial charge in [-0.15, -0.1) is 0 Å². The molecule has 6 heteroatoms. The topological polar surface area (TPSA) is 68.5 Å². The molecule has 0 spiro atoms. The number of nitrogens with one attached hydrogen (secondary N) is 1. The number of carbonyl (C=O) groups excluding carboxylic acids is 1. The molecule has 2 aromatic heterocycles. The van der Waals surface area contributed by atoms with Crippen molar-refractivity contribution in [2.24, 2.45) is 0 Å². The molecule has 0 aliphatic rings. The molecule has 31 heavy (non-hydrogen) atoms. The highest BCUT2D eigenvalue weighted by atomic mass is 16.5. The van der Waals surface area contributed by atoms with E-state index in [4.69, 9.17) is 14.8 Å². The van der Waals surface area contributed by atoms with Gasteiger partial charge in [-0.25, -0.2) is 9.50 Å². The van der Waals surface area contributed by atoms with Crippen LogP contribution in [-0.4, -0.2) is 27.1 Å². The number of fused-ring (bicyclic) bond motifs is 3. The predicted molar refractivity (Wildman–Crippen MR) is 122 cm³/mol. The van der Waals surface area contributed by atoms with Crippen LogP contribution in [0.4, 0.5) is 0 Å². The van der Waals surface area contributed by atoms with Crippen LogP contribution in [0.3, 0.4) is 0 Å². The number of carbonyl (C=O) groups is 1. The lowest BCUT2D eigenvalue weighted by atomic mass is 10.1. The second-order valence-corrected chi connectivity index (χ2v) is 7.70. The molecule has 2 aromatic carbocycles. The van der Waals surface area contributed by atoms with Crippen LogP contribution < -0.4 is 5.32 Å². The van der Waals surface area contributed by atoms with Gasteiger partial charge in [0.25, 0.3) is 0 Å². The number of rotatable bonds is 8. The van der Waals surface area contributed by atoms with Crippen LogP contribution in [0.1, 0.15) is 41.4 Å². The van der Waals surface area contributed by atoms with Gasteiger partial charge in [-0.2, -0.15) is 5.10 Å². The smallest absolute Gasteiger partial charge is 0.220 e. The molecule has 6 nitrogen and oxygen atoms in total. The molecule has 0 bridgehead atoms. The standard InChI is InChI=1S/C25H28N4O2/c1-4-31-16-20-10-6-5-9-19(20)15-26-24(30)14-13-21-17(2)27-25-22-11-7-8-12-23(22)28-29(25)18(21)3/h5-12H,4,13-16H2,1-3H3,(H,26,30). The normalized spacial score (nSPS) is 11.3. The highest BCUT2D eigenvalue weighted by molar-refractivity contribution is 5.92. The summed E-state index contributed by atoms with van der Waals surface area (Å²) in [7, 11) is 0. The highest BCUT2D eigenvalue weighted by Gasteiger charge is 2.15. The van der Waals surface area contributed by atoms with E-state index < -0.39 is 0 Å². The van der Waals surface area contributed by atoms with E-state index in [0.29, 0.717) is 32.6 Å². The van der Waals surface area contributed by atoms with Gasteiger partial charge in [0.1, 0.15) is 0 Å². The van der Waals surface area contributed by atoms with Crippen molar-refractivity contribution >= 4 is 22.5 Å². The Morgan fingerprint density at radius 3 is 2.61 bits per heavy atom. The fraction of sp³-hybridized carbons (Fsp3) is 0.320. The second-order valence-electron chi connectivity index (χ2n) is 7.70. The molecule has 0 atom stereocenters. The van der Waals surface area contributed by atoms with E-state index in [9.17, 15) is 4.79 Å². The zero-order chi connectivity index (χ0) is 21.8. The summed E-state index contributed by atoms with van der Waals surface area (Å²) >= 11 is 0. The molecule has 1 amide bonds. The lowest BCUT2D eigenvalue weighted by molar-refractivity contribution is -0.121. The molecule has 160 valence electrons. The molecule has 0 fully saturated rings. The van der Waals surface area contributed by atoms with Crippen molar-refractivity contribution in [2.45, 2.75) is 46.8 Å². The zero-order valence-corrected chi connectivity index (χ0v) is 18.3. The Bertz CT molecular complexity index is 1230. The predicted octanol–water partition coefficient (Wildman–Crippen LogP) is 4.28. The largest absolute Gasteiger partial charge is 0.377 e. The monoisotopic (exact) mass is 416 g/mol. The number of amides is 1. The number of benzene rings is 2. The van der Waals surface area contributed by atoms with E-state index in [-0.39, 0.29) is 5.91 Å². The summed E-state index contributed by atoms with van der Waals surface area (Å²) in [6, 6.07) is 16.1. The van der Waals surface area contributed by atoms with Crippen LogP contribution in [-0.2, 0) is 29.1 Å². The Labute approximate surface area is 182 Å². The summed E-state index contributed by atoms with van der Waals surface area (Å²) in [6.45, 7) is 7.76. The summed E-state index contributed by atoms with van der Waals surface area (Å²) in [4.78, 5) is 17.3. The Morgan fingerprint density at radius 1 is 1.06 bits per heavy atom. The van der Waals surface area contributed by atoms with Crippen LogP contribution in [0.2, 0.25) is 0 Å². The first-order valence-electron chi connectivity index (χ1n) is 10.7. The van der Waals surface area contributed by atoms with Crippen LogP contribution in [0.15, 0.2) is 48.5 Å². The first kappa shape index (κ1) is 21.0. The Balaban J connectivity index is 1.45. The molecule has 0 unspecified atom stereocenters. The Kier molecular flexibility index (Phi) is 6.28. The van der Waals surface area contributed by atoms with Gasteiger partial charge in [0, 0.05) is 36.3 Å². The second kappa shape index (κ2) is 9.27. The number of hydrogen-bond donors (Lipinski definition) is 1. The maximum atomic E-state index is 12.6. The Morgan fingerprint density at radius 2 is 1.81 bits per heavy atom. The van der Waals surface area contributed by atoms with Gasteiger partial charge in [0.15, 0.2) is 5.65 Å². The maximum absolute atomic E-state index is 12.6. The molecular formula is C25H28N4O2. The van der Waals surface area contributed by atoms with Gasteiger partial charge < -0.3 is 10.1 Å². The van der Waals surface area contributed by atoms with Crippen molar-refractivity contribution in [3.05, 3.63) is 76.6 Å². The molecule has 0 saturated heterocycles. The first-order valence-corrected chi connectivity index (χ1v) is 10.7. The summed E-state index contributed by atoms with van der Waals surface area (Å²) in [5, 5.41) is 8.79. The lowest BCUT2D eigenvalue weighted by Gasteiger charge is -2.12. The number of ether oxygens (including phenoxy) is 1. The number of aryl methyl sites for hydroxylation is 2. The Hall–Kier alpha value is -3.25. The van der Waals surface area contributed by atoms with E-state index in [1.807, 2.05) is 73.8 Å². The molecule has 0 radical (unpaired) electrons. The summed E-state index contributed by atoms with van der Waals surface area (Å²) in [6.07, 6.45) is 1.03. The van der Waals surface area contributed by atoms with E-state index >= 15 is 0 Å². The van der Waals surface area contributed by atoms with Crippen molar-refractivity contribution in [1.82, 2.24) is 19.9 Å². The molecule has 4 rings (SSSR count). The minimum atomic E-state index is 0.0238. The number of aromatic nitrogens is 3. The van der Waals surface area contributed by atoms with Crippen molar-refractivity contribution in [3.63, 3.8) is 0 Å². The average molecular weight is 417 g/mol. The third-order valence-electron chi connectivity index (χ3n) is 5.68. The van der Waals surface area contributed by atoms with Gasteiger partial charge in [-0.05, 0) is 56.0 Å². The van der Waals surface area contributed by atoms with Crippen LogP contribution >= 0.6 is 0 Å². The van der Waals surface area contributed by atoms with Gasteiger partial charge >= 0.3 is 0 Å². The van der Waals surface area contributed by atoms with E-state index in [1.54, 1.807) is 0 Å². The molecule has 1 N–H and O–H groups in total. The van der Waals surface area contributed by atoms with E-state index in [2.05, 4.69) is 5.32 Å². The van der Waals surface area contributed by atoms with Gasteiger partial charge in [0.05, 0.1) is 12.1 Å². The zero-order valence-electron chi connectivity index (χ0n) is 18.3. The molecule has 4 aromatic rings. The van der Waals surface area contributed by atoms with Gasteiger partial charge in [-0.3, -0.25) is 4.79 Å². The quantitative estimate of drug-likeness (QED) is 0.465. The molecule has 0 saturated carbocycles. The minimum absolute atomic E-state index is 0.0238. The van der Waals surface area contributed by atoms with E-state index in [0.717, 1.165) is 44.6 Å². The average Bonchev–Trinajstić information content (AvgIpc) is 3.15. The fourth-order valence-electron chi connectivity index (χ4n) is 3.94. The summed E-state index contributed by atoms with van der Waals surface area (Å²) in [5.41, 5.74) is 7.05. The molecule has 0 aliphatic heterocycles. The van der Waals surface area contributed by atoms with Gasteiger partial charge in [0.2, 0.25) is 5.91 Å². The van der Waals surface area contributed by atoms with Crippen molar-refractivity contribution < 1.29 is 9.53 Å². The summed E-state index contributed by atoms with van der Waals surface area (Å²) in [5.74, 6) is 0.0238. The van der Waals surface area contributed by atoms with Gasteiger partial charge in [-0.1, -0.05) is 36.4 Å². The van der Waals surface area contributed by atoms with Crippen LogP contribution in [0.5, 0.6) is 0 Å². The third-order valence-corrected chi connectivity index (χ3v) is 5.68.